The molecule has 0 saturated heterocycles. The van der Waals surface area contributed by atoms with E-state index in [1.54, 1.807) is 17.4 Å². The van der Waals surface area contributed by atoms with Crippen molar-refractivity contribution in [2.45, 2.75) is 26.8 Å². The molecule has 0 aliphatic carbocycles. The average Bonchev–Trinajstić information content (AvgIpc) is 3.11. The lowest BCUT2D eigenvalue weighted by Crippen LogP contribution is -2.36. The summed E-state index contributed by atoms with van der Waals surface area (Å²) in [5.74, 6) is -0.162. The molecule has 1 aromatic heterocycles. The number of hydrogen-bond donors (Lipinski definition) is 3. The van der Waals surface area contributed by atoms with Gasteiger partial charge in [0.2, 0.25) is 5.91 Å². The quantitative estimate of drug-likeness (QED) is 0.669. The molecule has 3 amide bonds. The summed E-state index contributed by atoms with van der Waals surface area (Å²) in [6.45, 7) is 6.09. The van der Waals surface area contributed by atoms with E-state index in [0.717, 1.165) is 5.56 Å². The number of amides is 3. The van der Waals surface area contributed by atoms with Gasteiger partial charge in [0.15, 0.2) is 0 Å². The van der Waals surface area contributed by atoms with E-state index in [-0.39, 0.29) is 23.9 Å². The number of carbonyl (C=O) groups is 2. The molecule has 1 heterocycles. The number of nitrogens with zero attached hydrogens (tertiary/aromatic N) is 1. The molecule has 7 heteroatoms. The highest BCUT2D eigenvalue weighted by atomic mass is 32.1. The number of nitrogens with one attached hydrogen (secondary N) is 3. The fourth-order valence-electron chi connectivity index (χ4n) is 2.50. The largest absolute Gasteiger partial charge is 0.336 e. The number of urea groups is 1. The molecule has 2 aromatic rings. The minimum atomic E-state index is -0.270. The number of thiophene rings is 1. The maximum atomic E-state index is 12.4. The van der Waals surface area contributed by atoms with Crippen molar-refractivity contribution in [1.82, 2.24) is 10.2 Å². The first-order chi connectivity index (χ1) is 12.8. The van der Waals surface area contributed by atoms with Gasteiger partial charge in [-0.1, -0.05) is 26.0 Å². The van der Waals surface area contributed by atoms with Crippen molar-refractivity contribution in [2.75, 3.05) is 31.3 Å². The second-order valence-corrected chi connectivity index (χ2v) is 7.98. The topological polar surface area (TPSA) is 73.5 Å². The molecule has 1 atom stereocenters. The van der Waals surface area contributed by atoms with Gasteiger partial charge < -0.3 is 20.9 Å². The predicted molar refractivity (Wildman–Crippen MR) is 112 cm³/mol. The number of likely N-dealkylation sites (N-methyl/N-ethyl adjacent to an activating group) is 1. The van der Waals surface area contributed by atoms with Gasteiger partial charge in [-0.05, 0) is 50.2 Å². The van der Waals surface area contributed by atoms with Crippen LogP contribution in [-0.2, 0) is 4.79 Å². The molecule has 0 saturated carbocycles. The lowest BCUT2D eigenvalue weighted by atomic mass is 10.1. The van der Waals surface area contributed by atoms with Gasteiger partial charge in [-0.3, -0.25) is 4.79 Å². The van der Waals surface area contributed by atoms with Gasteiger partial charge in [0.05, 0.1) is 6.04 Å². The first-order valence-electron chi connectivity index (χ1n) is 8.94. The van der Waals surface area contributed by atoms with Gasteiger partial charge in [-0.2, -0.15) is 0 Å². The number of benzene rings is 1. The first-order valence-corrected chi connectivity index (χ1v) is 9.82. The van der Waals surface area contributed by atoms with E-state index >= 15 is 0 Å². The van der Waals surface area contributed by atoms with Crippen LogP contribution in [0.2, 0.25) is 0 Å². The molecule has 146 valence electrons. The lowest BCUT2D eigenvalue weighted by Gasteiger charge is -2.23. The summed E-state index contributed by atoms with van der Waals surface area (Å²) in [6, 6.07) is 9.41. The second kappa shape index (κ2) is 9.53. The van der Waals surface area contributed by atoms with Gasteiger partial charge in [-0.15, -0.1) is 11.3 Å². The van der Waals surface area contributed by atoms with E-state index in [1.165, 1.54) is 4.88 Å². The maximum absolute atomic E-state index is 12.4. The third-order valence-corrected chi connectivity index (χ3v) is 5.20. The van der Waals surface area contributed by atoms with Crippen molar-refractivity contribution in [2.24, 2.45) is 5.92 Å². The Kier molecular flexibility index (Phi) is 7.38. The molecule has 6 nitrogen and oxygen atoms in total. The van der Waals surface area contributed by atoms with Crippen LogP contribution in [0.15, 0.2) is 35.7 Å². The summed E-state index contributed by atoms with van der Waals surface area (Å²) in [7, 11) is 3.99. The monoisotopic (exact) mass is 388 g/mol. The van der Waals surface area contributed by atoms with E-state index < -0.39 is 0 Å². The Morgan fingerprint density at radius 1 is 1.15 bits per heavy atom. The normalized spacial score (nSPS) is 12.1. The van der Waals surface area contributed by atoms with Crippen molar-refractivity contribution in [3.8, 4) is 0 Å². The van der Waals surface area contributed by atoms with Gasteiger partial charge in [-0.25, -0.2) is 4.79 Å². The summed E-state index contributed by atoms with van der Waals surface area (Å²) in [6.07, 6.45) is 0. The van der Waals surface area contributed by atoms with Gasteiger partial charge in [0.1, 0.15) is 0 Å². The minimum absolute atomic E-state index is 0.0565. The maximum Gasteiger partial charge on any atom is 0.319 e. The van der Waals surface area contributed by atoms with Crippen LogP contribution >= 0.6 is 11.3 Å². The third-order valence-electron chi connectivity index (χ3n) is 4.23. The highest BCUT2D eigenvalue weighted by Gasteiger charge is 2.16. The molecule has 3 N–H and O–H groups in total. The molecule has 0 aliphatic heterocycles. The van der Waals surface area contributed by atoms with Crippen LogP contribution < -0.4 is 16.0 Å². The predicted octanol–water partition coefficient (Wildman–Crippen LogP) is 4.08. The highest BCUT2D eigenvalue weighted by molar-refractivity contribution is 7.10. The Morgan fingerprint density at radius 3 is 2.48 bits per heavy atom. The standard InChI is InChI=1S/C20H28N4O2S/c1-13(2)19(25)22-15-9-8-14(3)16(11-15)23-20(26)21-12-17(24(4)5)18-7-6-10-27-18/h6-11,13,17H,12H2,1-5H3,(H,22,25)(H2,21,23,26). The molecule has 0 radical (unpaired) electrons. The molecule has 0 spiro atoms. The van der Waals surface area contributed by atoms with Crippen molar-refractivity contribution in [3.63, 3.8) is 0 Å². The molecule has 1 aromatic carbocycles. The molecule has 1 unspecified atom stereocenters. The number of carbonyl (C=O) groups excluding carboxylic acids is 2. The SMILES string of the molecule is Cc1ccc(NC(=O)C(C)C)cc1NC(=O)NCC(c1cccs1)N(C)C. The fourth-order valence-corrected chi connectivity index (χ4v) is 3.42. The van der Waals surface area contributed by atoms with E-state index in [9.17, 15) is 9.59 Å². The zero-order chi connectivity index (χ0) is 20.0. The second-order valence-electron chi connectivity index (χ2n) is 7.00. The van der Waals surface area contributed by atoms with Gasteiger partial charge in [0, 0.05) is 28.7 Å². The Morgan fingerprint density at radius 2 is 1.89 bits per heavy atom. The Hall–Kier alpha value is -2.38. The van der Waals surface area contributed by atoms with Crippen LogP contribution in [0.3, 0.4) is 0 Å². The van der Waals surface area contributed by atoms with Gasteiger partial charge in [0.25, 0.3) is 0 Å². The van der Waals surface area contributed by atoms with Crippen molar-refractivity contribution in [3.05, 3.63) is 46.2 Å². The Bertz CT molecular complexity index is 772. The third kappa shape index (κ3) is 6.08. The number of hydrogen-bond acceptors (Lipinski definition) is 4. The smallest absolute Gasteiger partial charge is 0.319 e. The summed E-state index contributed by atoms with van der Waals surface area (Å²) in [4.78, 5) is 27.5. The number of rotatable bonds is 7. The van der Waals surface area contributed by atoms with Crippen molar-refractivity contribution in [1.29, 1.82) is 0 Å². The van der Waals surface area contributed by atoms with Crippen LogP contribution in [0, 0.1) is 12.8 Å². The highest BCUT2D eigenvalue weighted by Crippen LogP contribution is 2.23. The Balaban J connectivity index is 1.99. The Labute approximate surface area is 165 Å². The van der Waals surface area contributed by atoms with Crippen molar-refractivity contribution >= 4 is 34.6 Å². The summed E-state index contributed by atoms with van der Waals surface area (Å²) >= 11 is 1.67. The van der Waals surface area contributed by atoms with Gasteiger partial charge >= 0.3 is 6.03 Å². The van der Waals surface area contributed by atoms with E-state index in [2.05, 4.69) is 26.9 Å². The molecular weight excluding hydrogens is 360 g/mol. The average molecular weight is 389 g/mol. The summed E-state index contributed by atoms with van der Waals surface area (Å²) < 4.78 is 0. The van der Waals surface area contributed by atoms with Crippen LogP contribution in [0.25, 0.3) is 0 Å². The molecule has 0 fully saturated rings. The molecule has 27 heavy (non-hydrogen) atoms. The van der Waals surface area contributed by atoms with Crippen LogP contribution in [-0.4, -0.2) is 37.5 Å². The van der Waals surface area contributed by atoms with Crippen LogP contribution in [0.1, 0.15) is 30.3 Å². The molecular formula is C20H28N4O2S. The minimum Gasteiger partial charge on any atom is -0.336 e. The zero-order valence-electron chi connectivity index (χ0n) is 16.5. The molecule has 0 bridgehead atoms. The molecule has 0 aliphatic rings. The fraction of sp³-hybridized carbons (Fsp3) is 0.400. The first kappa shape index (κ1) is 20.9. The zero-order valence-corrected chi connectivity index (χ0v) is 17.3. The molecule has 2 rings (SSSR count). The van der Waals surface area contributed by atoms with Crippen LogP contribution in [0.4, 0.5) is 16.2 Å². The van der Waals surface area contributed by atoms with Crippen molar-refractivity contribution < 1.29 is 9.59 Å². The lowest BCUT2D eigenvalue weighted by molar-refractivity contribution is -0.118. The summed E-state index contributed by atoms with van der Waals surface area (Å²) in [5, 5.41) is 10.7. The van der Waals surface area contributed by atoms with E-state index in [4.69, 9.17) is 0 Å². The number of anilines is 2. The summed E-state index contributed by atoms with van der Waals surface area (Å²) in [5.41, 5.74) is 2.26. The van der Waals surface area contributed by atoms with E-state index in [0.29, 0.717) is 17.9 Å². The van der Waals surface area contributed by atoms with Crippen LogP contribution in [0.5, 0.6) is 0 Å². The van der Waals surface area contributed by atoms with E-state index in [1.807, 2.05) is 58.4 Å². The number of aryl methyl sites for hydroxylation is 1.